The Labute approximate surface area is 175 Å². The molecule has 3 rings (SSSR count). The molecule has 1 aromatic heterocycles. The minimum Gasteiger partial charge on any atom is -0.455 e. The summed E-state index contributed by atoms with van der Waals surface area (Å²) in [6.45, 7) is 1.68. The predicted octanol–water partition coefficient (Wildman–Crippen LogP) is 5.06. The number of carbonyl (C=O) groups is 1. The van der Waals surface area contributed by atoms with Gasteiger partial charge in [0.1, 0.15) is 11.5 Å². The molecule has 0 saturated carbocycles. The van der Waals surface area contributed by atoms with Crippen molar-refractivity contribution in [2.45, 2.75) is 11.8 Å². The molecule has 0 atom stereocenters. The van der Waals surface area contributed by atoms with Crippen molar-refractivity contribution in [3.8, 4) is 11.3 Å². The van der Waals surface area contributed by atoms with Gasteiger partial charge in [0, 0.05) is 27.1 Å². The molecule has 0 aliphatic heterocycles. The van der Waals surface area contributed by atoms with Crippen molar-refractivity contribution in [1.82, 2.24) is 5.43 Å². The summed E-state index contributed by atoms with van der Waals surface area (Å²) in [6.07, 6.45) is 1.37. The number of carbonyl (C=O) groups excluding carboxylic acids is 1. The maximum absolute atomic E-state index is 11.9. The molecule has 0 radical (unpaired) electrons. The van der Waals surface area contributed by atoms with E-state index < -0.39 is 4.92 Å². The molecule has 1 amide bonds. The minimum absolute atomic E-state index is 0.0274. The van der Waals surface area contributed by atoms with Crippen LogP contribution >= 0.6 is 23.4 Å². The number of aryl methyl sites for hydroxylation is 1. The second-order valence-corrected chi connectivity index (χ2v) is 7.48. The Morgan fingerprint density at radius 2 is 2.00 bits per heavy atom. The Morgan fingerprint density at radius 3 is 2.72 bits per heavy atom. The third-order valence-electron chi connectivity index (χ3n) is 3.88. The highest BCUT2D eigenvalue weighted by molar-refractivity contribution is 8.00. The molecule has 7 nitrogen and oxygen atoms in total. The summed E-state index contributed by atoms with van der Waals surface area (Å²) < 4.78 is 5.63. The van der Waals surface area contributed by atoms with E-state index in [1.165, 1.54) is 24.0 Å². The number of nitro benzene ring substituents is 1. The fourth-order valence-corrected chi connectivity index (χ4v) is 3.23. The van der Waals surface area contributed by atoms with Gasteiger partial charge in [-0.25, -0.2) is 5.43 Å². The van der Waals surface area contributed by atoms with Gasteiger partial charge in [-0.3, -0.25) is 14.9 Å². The summed E-state index contributed by atoms with van der Waals surface area (Å²) in [5.41, 5.74) is 3.62. The van der Waals surface area contributed by atoms with Crippen LogP contribution in [0.5, 0.6) is 0 Å². The van der Waals surface area contributed by atoms with Crippen molar-refractivity contribution >= 4 is 41.2 Å². The molecule has 0 unspecified atom stereocenters. The molecule has 2 aromatic carbocycles. The van der Waals surface area contributed by atoms with Crippen LogP contribution < -0.4 is 5.43 Å². The van der Waals surface area contributed by atoms with Crippen LogP contribution in [0.25, 0.3) is 11.3 Å². The summed E-state index contributed by atoms with van der Waals surface area (Å²) in [5.74, 6) is 0.824. The molecular weight excluding hydrogens is 414 g/mol. The Kier molecular flexibility index (Phi) is 6.69. The van der Waals surface area contributed by atoms with Gasteiger partial charge >= 0.3 is 0 Å². The minimum atomic E-state index is -0.429. The monoisotopic (exact) mass is 429 g/mol. The first-order chi connectivity index (χ1) is 13.9. The lowest BCUT2D eigenvalue weighted by Gasteiger charge is -2.01. The van der Waals surface area contributed by atoms with Gasteiger partial charge in [-0.05, 0) is 43.3 Å². The second-order valence-electron chi connectivity index (χ2n) is 6.00. The Morgan fingerprint density at radius 1 is 1.24 bits per heavy atom. The molecule has 0 aliphatic rings. The number of furan rings is 1. The standard InChI is InChI=1S/C20H16ClN3O4S/c1-13-2-3-14(10-18(13)24(26)27)19-9-6-16(28-19)11-22-23-20(25)12-29-17-7-4-15(21)5-8-17/h2-11H,12H2,1H3,(H,23,25)/b22-11-. The molecule has 0 saturated heterocycles. The fraction of sp³-hybridized carbons (Fsp3) is 0.100. The van der Waals surface area contributed by atoms with E-state index in [1.807, 2.05) is 12.1 Å². The molecule has 148 valence electrons. The van der Waals surface area contributed by atoms with E-state index in [1.54, 1.807) is 43.3 Å². The zero-order valence-electron chi connectivity index (χ0n) is 15.3. The van der Waals surface area contributed by atoms with Gasteiger partial charge in [0.15, 0.2) is 0 Å². The Balaban J connectivity index is 1.56. The summed E-state index contributed by atoms with van der Waals surface area (Å²) in [4.78, 5) is 23.4. The maximum atomic E-state index is 11.9. The SMILES string of the molecule is Cc1ccc(-c2ccc(/C=N\NC(=O)CSc3ccc(Cl)cc3)o2)cc1[N+](=O)[O-]. The van der Waals surface area contributed by atoms with E-state index in [-0.39, 0.29) is 17.3 Å². The molecule has 9 heteroatoms. The van der Waals surface area contributed by atoms with E-state index >= 15 is 0 Å². The van der Waals surface area contributed by atoms with Gasteiger partial charge in [-0.15, -0.1) is 11.8 Å². The summed E-state index contributed by atoms with van der Waals surface area (Å²) in [7, 11) is 0. The predicted molar refractivity (Wildman–Crippen MR) is 113 cm³/mol. The number of nitrogens with zero attached hydrogens (tertiary/aromatic N) is 2. The van der Waals surface area contributed by atoms with E-state index in [2.05, 4.69) is 10.5 Å². The first-order valence-corrected chi connectivity index (χ1v) is 9.84. The van der Waals surface area contributed by atoms with E-state index in [0.717, 1.165) is 4.90 Å². The molecule has 0 spiro atoms. The van der Waals surface area contributed by atoms with Gasteiger partial charge in [-0.1, -0.05) is 23.7 Å². The quantitative estimate of drug-likeness (QED) is 0.245. The largest absolute Gasteiger partial charge is 0.455 e. The van der Waals surface area contributed by atoms with Gasteiger partial charge in [0.05, 0.1) is 16.9 Å². The lowest BCUT2D eigenvalue weighted by Crippen LogP contribution is -2.19. The third kappa shape index (κ3) is 5.69. The number of rotatable bonds is 7. The van der Waals surface area contributed by atoms with Crippen molar-refractivity contribution in [2.24, 2.45) is 5.10 Å². The van der Waals surface area contributed by atoms with Crippen LogP contribution in [0.4, 0.5) is 5.69 Å². The maximum Gasteiger partial charge on any atom is 0.273 e. The zero-order chi connectivity index (χ0) is 20.8. The third-order valence-corrected chi connectivity index (χ3v) is 5.15. The molecular formula is C20H16ClN3O4S. The lowest BCUT2D eigenvalue weighted by atomic mass is 10.1. The normalized spacial score (nSPS) is 11.0. The number of hydrogen-bond acceptors (Lipinski definition) is 6. The van der Waals surface area contributed by atoms with Crippen molar-refractivity contribution in [3.63, 3.8) is 0 Å². The van der Waals surface area contributed by atoms with Crippen molar-refractivity contribution < 1.29 is 14.1 Å². The molecule has 0 bridgehead atoms. The first kappa shape index (κ1) is 20.6. The summed E-state index contributed by atoms with van der Waals surface area (Å²) in [6, 6.07) is 15.4. The highest BCUT2D eigenvalue weighted by atomic mass is 35.5. The number of amides is 1. The number of thioether (sulfide) groups is 1. The molecule has 3 aromatic rings. The van der Waals surface area contributed by atoms with Crippen LogP contribution in [0.3, 0.4) is 0 Å². The Hall–Kier alpha value is -3.10. The van der Waals surface area contributed by atoms with Gasteiger partial charge in [-0.2, -0.15) is 5.10 Å². The van der Waals surface area contributed by atoms with Gasteiger partial charge in [0.2, 0.25) is 5.91 Å². The summed E-state index contributed by atoms with van der Waals surface area (Å²) in [5, 5.41) is 15.6. The average Bonchev–Trinajstić information content (AvgIpc) is 3.16. The lowest BCUT2D eigenvalue weighted by molar-refractivity contribution is -0.385. The molecule has 29 heavy (non-hydrogen) atoms. The number of nitro groups is 1. The number of halogens is 1. The number of nitrogens with one attached hydrogen (secondary N) is 1. The van der Waals surface area contributed by atoms with Crippen molar-refractivity contribution in [2.75, 3.05) is 5.75 Å². The second kappa shape index (κ2) is 9.40. The Bertz CT molecular complexity index is 1060. The van der Waals surface area contributed by atoms with E-state index in [0.29, 0.717) is 27.7 Å². The highest BCUT2D eigenvalue weighted by Gasteiger charge is 2.13. The number of benzene rings is 2. The molecule has 1 N–H and O–H groups in total. The van der Waals surface area contributed by atoms with Crippen LogP contribution in [-0.2, 0) is 4.79 Å². The number of hydrogen-bond donors (Lipinski definition) is 1. The molecule has 0 fully saturated rings. The molecule has 0 aliphatic carbocycles. The smallest absolute Gasteiger partial charge is 0.273 e. The van der Waals surface area contributed by atoms with Crippen molar-refractivity contribution in [1.29, 1.82) is 0 Å². The topological polar surface area (TPSA) is 97.7 Å². The number of hydrazone groups is 1. The van der Waals surface area contributed by atoms with Crippen LogP contribution in [0, 0.1) is 17.0 Å². The van der Waals surface area contributed by atoms with Crippen LogP contribution in [0.15, 0.2) is 69.0 Å². The fourth-order valence-electron chi connectivity index (χ4n) is 2.42. The molecule has 1 heterocycles. The highest BCUT2D eigenvalue weighted by Crippen LogP contribution is 2.28. The van der Waals surface area contributed by atoms with E-state index in [4.69, 9.17) is 16.0 Å². The van der Waals surface area contributed by atoms with Crippen LogP contribution in [0.1, 0.15) is 11.3 Å². The summed E-state index contributed by atoms with van der Waals surface area (Å²) >= 11 is 7.19. The first-order valence-electron chi connectivity index (χ1n) is 8.48. The van der Waals surface area contributed by atoms with Gasteiger partial charge < -0.3 is 4.42 Å². The van der Waals surface area contributed by atoms with Crippen LogP contribution in [0.2, 0.25) is 5.02 Å². The van der Waals surface area contributed by atoms with E-state index in [9.17, 15) is 14.9 Å². The van der Waals surface area contributed by atoms with Crippen molar-refractivity contribution in [3.05, 3.63) is 81.1 Å². The van der Waals surface area contributed by atoms with Crippen LogP contribution in [-0.4, -0.2) is 22.8 Å². The van der Waals surface area contributed by atoms with Gasteiger partial charge in [0.25, 0.3) is 5.69 Å². The average molecular weight is 430 g/mol. The zero-order valence-corrected chi connectivity index (χ0v) is 16.9.